The van der Waals surface area contributed by atoms with Gasteiger partial charge in [-0.25, -0.2) is 13.8 Å². The monoisotopic (exact) mass is 588 g/mol. The molecule has 4 rings (SSSR count). The van der Waals surface area contributed by atoms with Crippen LogP contribution in [0, 0.1) is 17.0 Å². The third-order valence-corrected chi connectivity index (χ3v) is 7.86. The molecule has 1 N–H and O–H groups in total. The highest BCUT2D eigenvalue weighted by atomic mass is 32.2. The van der Waals surface area contributed by atoms with E-state index in [-0.39, 0.29) is 22.9 Å². The van der Waals surface area contributed by atoms with Gasteiger partial charge in [-0.3, -0.25) is 19.2 Å². The minimum atomic E-state index is -4.12. The van der Waals surface area contributed by atoms with Crippen molar-refractivity contribution in [2.45, 2.75) is 18.4 Å². The highest BCUT2D eigenvalue weighted by molar-refractivity contribution is 7.92. The molecule has 0 spiro atoms. The summed E-state index contributed by atoms with van der Waals surface area (Å²) in [6.45, 7) is 1.54. The van der Waals surface area contributed by atoms with Crippen molar-refractivity contribution in [1.29, 1.82) is 0 Å². The molecule has 0 atom stereocenters. The molecule has 0 fully saturated rings. The van der Waals surface area contributed by atoms with Gasteiger partial charge in [-0.15, -0.1) is 0 Å². The Balaban J connectivity index is 1.40. The number of carbonyl (C=O) groups excluding carboxylic acids is 1. The number of nitrogens with one attached hydrogen (secondary N) is 1. The molecule has 12 heteroatoms. The van der Waals surface area contributed by atoms with Gasteiger partial charge in [-0.1, -0.05) is 29.8 Å². The van der Waals surface area contributed by atoms with Crippen molar-refractivity contribution in [3.8, 4) is 11.5 Å². The number of methoxy groups -OCH3 is 1. The van der Waals surface area contributed by atoms with E-state index < -0.39 is 27.4 Å². The van der Waals surface area contributed by atoms with E-state index in [0.29, 0.717) is 17.1 Å². The second kappa shape index (κ2) is 13.4. The molecule has 4 aromatic carbocycles. The molecule has 0 aliphatic heterocycles. The summed E-state index contributed by atoms with van der Waals surface area (Å²) in [7, 11) is -2.69. The fourth-order valence-electron chi connectivity index (χ4n) is 3.85. The molecule has 0 aromatic heterocycles. The molecule has 4 aromatic rings. The Morgan fingerprint density at radius 3 is 2.29 bits per heavy atom. The van der Waals surface area contributed by atoms with Gasteiger partial charge in [0, 0.05) is 12.1 Å². The van der Waals surface area contributed by atoms with Crippen molar-refractivity contribution in [3.63, 3.8) is 0 Å². The van der Waals surface area contributed by atoms with E-state index in [2.05, 4.69) is 10.5 Å². The van der Waals surface area contributed by atoms with Crippen LogP contribution in [0.2, 0.25) is 0 Å². The molecular weight excluding hydrogens is 560 g/mol. The van der Waals surface area contributed by atoms with Crippen molar-refractivity contribution in [3.05, 3.63) is 124 Å². The van der Waals surface area contributed by atoms with E-state index >= 15 is 0 Å². The number of ether oxygens (including phenoxy) is 2. The van der Waals surface area contributed by atoms with Gasteiger partial charge in [-0.2, -0.15) is 5.10 Å². The van der Waals surface area contributed by atoms with Gasteiger partial charge in [0.25, 0.3) is 21.6 Å². The minimum Gasteiger partial charge on any atom is -0.495 e. The summed E-state index contributed by atoms with van der Waals surface area (Å²) in [6.07, 6.45) is 1.42. The van der Waals surface area contributed by atoms with E-state index in [0.717, 1.165) is 15.4 Å². The van der Waals surface area contributed by atoms with Gasteiger partial charge in [0.05, 0.1) is 28.8 Å². The van der Waals surface area contributed by atoms with E-state index in [4.69, 9.17) is 9.47 Å². The van der Waals surface area contributed by atoms with Crippen molar-refractivity contribution >= 4 is 33.5 Å². The van der Waals surface area contributed by atoms with Gasteiger partial charge in [0.2, 0.25) is 0 Å². The molecule has 0 heterocycles. The Hall–Kier alpha value is -5.23. The second-order valence-electron chi connectivity index (χ2n) is 9.07. The van der Waals surface area contributed by atoms with Crippen LogP contribution in [0.5, 0.6) is 11.5 Å². The first-order valence-electron chi connectivity index (χ1n) is 12.7. The van der Waals surface area contributed by atoms with Crippen LogP contribution in [0.25, 0.3) is 0 Å². The molecule has 1 amide bonds. The molecule has 42 heavy (non-hydrogen) atoms. The van der Waals surface area contributed by atoms with E-state index in [1.165, 1.54) is 37.6 Å². The molecule has 0 bridgehead atoms. The molecule has 11 nitrogen and oxygen atoms in total. The fraction of sp³-hybridized carbons (Fsp3) is 0.133. The molecule has 0 radical (unpaired) electrons. The summed E-state index contributed by atoms with van der Waals surface area (Å²) in [5, 5.41) is 14.7. The van der Waals surface area contributed by atoms with Gasteiger partial charge in [-0.05, 0) is 78.7 Å². The summed E-state index contributed by atoms with van der Waals surface area (Å²) < 4.78 is 39.2. The average Bonchev–Trinajstić information content (AvgIpc) is 3.00. The standard InChI is InChI=1S/C30H28N4O7S/c1-22-7-17-27(18-8-22)42(38,39)33(28-5-3-4-6-29(28)40-2)20-30(35)32-31-19-23-11-15-26(16-12-23)41-21-24-9-13-25(14-10-24)34(36)37/h3-19H,20-21H2,1-2H3,(H,32,35)/b31-19-. The Labute approximate surface area is 243 Å². The predicted octanol–water partition coefficient (Wildman–Crippen LogP) is 4.84. The lowest BCUT2D eigenvalue weighted by atomic mass is 10.2. The molecular formula is C30H28N4O7S. The molecule has 0 saturated heterocycles. The molecule has 0 aliphatic carbocycles. The first kappa shape index (κ1) is 29.7. The normalized spacial score (nSPS) is 11.2. The SMILES string of the molecule is COc1ccccc1N(CC(=O)N/N=C\c1ccc(OCc2ccc([N+](=O)[O-])cc2)cc1)S(=O)(=O)c1ccc(C)cc1. The van der Waals surface area contributed by atoms with Crippen LogP contribution in [0.1, 0.15) is 16.7 Å². The summed E-state index contributed by atoms with van der Waals surface area (Å²) >= 11 is 0. The maximum absolute atomic E-state index is 13.6. The number of sulfonamides is 1. The Bertz CT molecular complexity index is 1670. The largest absolute Gasteiger partial charge is 0.495 e. The zero-order valence-corrected chi connectivity index (χ0v) is 23.7. The van der Waals surface area contributed by atoms with Crippen LogP contribution < -0.4 is 19.2 Å². The van der Waals surface area contributed by atoms with Gasteiger partial charge in [0.1, 0.15) is 24.7 Å². The zero-order valence-electron chi connectivity index (χ0n) is 22.8. The summed E-state index contributed by atoms with van der Waals surface area (Å²) in [6, 6.07) is 25.9. The highest BCUT2D eigenvalue weighted by Gasteiger charge is 2.29. The number of hydrazone groups is 1. The lowest BCUT2D eigenvalue weighted by molar-refractivity contribution is -0.384. The fourth-order valence-corrected chi connectivity index (χ4v) is 5.28. The number of nitro benzene ring substituents is 1. The maximum atomic E-state index is 13.6. The number of nitrogens with zero attached hydrogens (tertiary/aromatic N) is 3. The third-order valence-electron chi connectivity index (χ3n) is 6.09. The topological polar surface area (TPSA) is 140 Å². The number of aryl methyl sites for hydroxylation is 1. The summed E-state index contributed by atoms with van der Waals surface area (Å²) in [5.41, 5.74) is 4.94. The van der Waals surface area contributed by atoms with Gasteiger partial charge < -0.3 is 9.47 Å². The number of nitro groups is 1. The predicted molar refractivity (Wildman–Crippen MR) is 158 cm³/mol. The number of hydrogen-bond donors (Lipinski definition) is 1. The smallest absolute Gasteiger partial charge is 0.269 e. The summed E-state index contributed by atoms with van der Waals surface area (Å²) in [4.78, 5) is 23.2. The van der Waals surface area contributed by atoms with Crippen LogP contribution in [0.4, 0.5) is 11.4 Å². The lowest BCUT2D eigenvalue weighted by Crippen LogP contribution is -2.39. The zero-order chi connectivity index (χ0) is 30.1. The second-order valence-corrected chi connectivity index (χ2v) is 10.9. The van der Waals surface area contributed by atoms with E-state index in [1.807, 2.05) is 6.92 Å². The quantitative estimate of drug-likeness (QED) is 0.142. The van der Waals surface area contributed by atoms with Crippen molar-refractivity contribution in [1.82, 2.24) is 5.43 Å². The Morgan fingerprint density at radius 2 is 1.64 bits per heavy atom. The van der Waals surface area contributed by atoms with Crippen LogP contribution in [-0.2, 0) is 21.4 Å². The highest BCUT2D eigenvalue weighted by Crippen LogP contribution is 2.32. The Morgan fingerprint density at radius 1 is 0.976 bits per heavy atom. The number of anilines is 1. The van der Waals surface area contributed by atoms with Crippen LogP contribution >= 0.6 is 0 Å². The molecule has 0 saturated carbocycles. The van der Waals surface area contributed by atoms with Crippen LogP contribution in [0.15, 0.2) is 107 Å². The number of non-ortho nitro benzene ring substituents is 1. The van der Waals surface area contributed by atoms with Gasteiger partial charge >= 0.3 is 0 Å². The molecule has 0 unspecified atom stereocenters. The van der Waals surface area contributed by atoms with Crippen LogP contribution in [-0.4, -0.2) is 39.1 Å². The first-order valence-corrected chi connectivity index (χ1v) is 14.1. The van der Waals surface area contributed by atoms with Crippen LogP contribution in [0.3, 0.4) is 0 Å². The number of carbonyl (C=O) groups is 1. The minimum absolute atomic E-state index is 0.00914. The van der Waals surface area contributed by atoms with Crippen molar-refractivity contribution in [2.24, 2.45) is 5.10 Å². The van der Waals surface area contributed by atoms with Gasteiger partial charge in [0.15, 0.2) is 0 Å². The number of amides is 1. The molecule has 0 aliphatic rings. The van der Waals surface area contributed by atoms with E-state index in [9.17, 15) is 23.3 Å². The van der Waals surface area contributed by atoms with E-state index in [1.54, 1.807) is 72.8 Å². The maximum Gasteiger partial charge on any atom is 0.269 e. The molecule has 216 valence electrons. The van der Waals surface area contributed by atoms with Crippen molar-refractivity contribution in [2.75, 3.05) is 18.0 Å². The third kappa shape index (κ3) is 7.49. The summed E-state index contributed by atoms with van der Waals surface area (Å²) in [5.74, 6) is 0.208. The number of hydrogen-bond acceptors (Lipinski definition) is 8. The first-order chi connectivity index (χ1) is 20.2. The average molecular weight is 589 g/mol. The lowest BCUT2D eigenvalue weighted by Gasteiger charge is -2.25. The Kier molecular flexibility index (Phi) is 9.50. The number of benzene rings is 4. The number of para-hydroxylation sites is 2. The van der Waals surface area contributed by atoms with Crippen molar-refractivity contribution < 1.29 is 27.6 Å². The number of rotatable bonds is 12.